The van der Waals surface area contributed by atoms with Crippen LogP contribution in [0.5, 0.6) is 0 Å². The molecule has 1 atom stereocenters. The van der Waals surface area contributed by atoms with Crippen LogP contribution < -0.4 is 0 Å². The van der Waals surface area contributed by atoms with Crippen molar-refractivity contribution in [2.75, 3.05) is 6.54 Å². The van der Waals surface area contributed by atoms with E-state index in [1.807, 2.05) is 0 Å². The van der Waals surface area contributed by atoms with Gasteiger partial charge in [0.2, 0.25) is 0 Å². The average molecular weight is 183 g/mol. The number of aliphatic imine (C=N–C) groups is 1. The van der Waals surface area contributed by atoms with Crippen LogP contribution in [-0.4, -0.2) is 12.3 Å². The summed E-state index contributed by atoms with van der Waals surface area (Å²) < 4.78 is 0. The molecule has 0 bridgehead atoms. The molecular weight excluding hydrogens is 158 g/mol. The highest BCUT2D eigenvalue weighted by molar-refractivity contribution is 5.81. The molecule has 0 aromatic rings. The van der Waals surface area contributed by atoms with Gasteiger partial charge in [-0.25, -0.2) is 0 Å². The largest absolute Gasteiger partial charge is 0.294 e. The van der Waals surface area contributed by atoms with Crippen molar-refractivity contribution in [3.63, 3.8) is 0 Å². The predicted molar refractivity (Wildman–Crippen MR) is 61.6 cm³/mol. The van der Waals surface area contributed by atoms with E-state index >= 15 is 0 Å². The Kier molecular flexibility index (Phi) is 8.07. The van der Waals surface area contributed by atoms with Gasteiger partial charge in [-0.05, 0) is 25.7 Å². The zero-order valence-corrected chi connectivity index (χ0v) is 9.77. The fraction of sp³-hybridized carbons (Fsp3) is 0.917. The van der Waals surface area contributed by atoms with Crippen LogP contribution in [0.4, 0.5) is 0 Å². The van der Waals surface area contributed by atoms with Crippen LogP contribution in [0.2, 0.25) is 0 Å². The number of hydrogen-bond acceptors (Lipinski definition) is 1. The maximum atomic E-state index is 4.48. The predicted octanol–water partition coefficient (Wildman–Crippen LogP) is 4.07. The van der Waals surface area contributed by atoms with Crippen molar-refractivity contribution in [3.05, 3.63) is 0 Å². The van der Waals surface area contributed by atoms with Gasteiger partial charge in [0.05, 0.1) is 0 Å². The summed E-state index contributed by atoms with van der Waals surface area (Å²) in [7, 11) is 0. The van der Waals surface area contributed by atoms with Crippen molar-refractivity contribution in [2.45, 2.75) is 59.8 Å². The summed E-state index contributed by atoms with van der Waals surface area (Å²) in [4.78, 5) is 4.48. The second kappa shape index (κ2) is 8.28. The Bertz CT molecular complexity index is 138. The van der Waals surface area contributed by atoms with E-state index in [9.17, 15) is 0 Å². The smallest absolute Gasteiger partial charge is 0.0388 e. The lowest BCUT2D eigenvalue weighted by Gasteiger charge is -2.06. The van der Waals surface area contributed by atoms with Crippen molar-refractivity contribution in [3.8, 4) is 0 Å². The highest BCUT2D eigenvalue weighted by Crippen LogP contribution is 2.10. The van der Waals surface area contributed by atoms with Crippen molar-refractivity contribution in [1.82, 2.24) is 0 Å². The van der Waals surface area contributed by atoms with Crippen LogP contribution in [0.15, 0.2) is 4.99 Å². The van der Waals surface area contributed by atoms with Crippen LogP contribution in [-0.2, 0) is 0 Å². The highest BCUT2D eigenvalue weighted by Gasteiger charge is 1.97. The molecule has 13 heavy (non-hydrogen) atoms. The second-order valence-electron chi connectivity index (χ2n) is 3.98. The molecule has 1 unspecified atom stereocenters. The molecule has 0 radical (unpaired) electrons. The van der Waals surface area contributed by atoms with Gasteiger partial charge in [-0.2, -0.15) is 0 Å². The lowest BCUT2D eigenvalue weighted by Crippen LogP contribution is -1.94. The van der Waals surface area contributed by atoms with E-state index < -0.39 is 0 Å². The van der Waals surface area contributed by atoms with Crippen molar-refractivity contribution in [2.24, 2.45) is 10.9 Å². The molecule has 0 aliphatic rings. The lowest BCUT2D eigenvalue weighted by atomic mass is 10.0. The standard InChI is InChI=1S/C12H25N/c1-5-11(3)9-7-8-10-13-12(4)6-2/h11H,5-10H2,1-4H3. The normalized spacial score (nSPS) is 14.6. The first-order valence-electron chi connectivity index (χ1n) is 5.70. The van der Waals surface area contributed by atoms with Gasteiger partial charge in [-0.3, -0.25) is 4.99 Å². The topological polar surface area (TPSA) is 12.4 Å². The number of unbranched alkanes of at least 4 members (excludes halogenated alkanes) is 1. The van der Waals surface area contributed by atoms with Crippen LogP contribution in [0.3, 0.4) is 0 Å². The van der Waals surface area contributed by atoms with Crippen LogP contribution in [0.25, 0.3) is 0 Å². The van der Waals surface area contributed by atoms with Gasteiger partial charge in [0.25, 0.3) is 0 Å². The molecule has 78 valence electrons. The summed E-state index contributed by atoms with van der Waals surface area (Å²) in [5.74, 6) is 0.899. The van der Waals surface area contributed by atoms with E-state index in [0.717, 1.165) is 18.9 Å². The molecule has 1 heteroatoms. The van der Waals surface area contributed by atoms with E-state index in [1.54, 1.807) is 0 Å². The van der Waals surface area contributed by atoms with Crippen molar-refractivity contribution < 1.29 is 0 Å². The third-order valence-electron chi connectivity index (χ3n) is 2.70. The molecule has 0 saturated carbocycles. The Morgan fingerprint density at radius 1 is 1.23 bits per heavy atom. The van der Waals surface area contributed by atoms with E-state index in [2.05, 4.69) is 32.7 Å². The maximum Gasteiger partial charge on any atom is 0.0388 e. The minimum atomic E-state index is 0.899. The molecule has 0 fully saturated rings. The van der Waals surface area contributed by atoms with E-state index in [4.69, 9.17) is 0 Å². The van der Waals surface area contributed by atoms with Gasteiger partial charge in [0.15, 0.2) is 0 Å². The lowest BCUT2D eigenvalue weighted by molar-refractivity contribution is 0.487. The summed E-state index contributed by atoms with van der Waals surface area (Å²) >= 11 is 0. The molecule has 0 spiro atoms. The fourth-order valence-electron chi connectivity index (χ4n) is 1.19. The zero-order chi connectivity index (χ0) is 10.1. The van der Waals surface area contributed by atoms with Gasteiger partial charge in [0, 0.05) is 12.3 Å². The molecule has 0 rings (SSSR count). The Labute approximate surface area is 83.6 Å². The molecule has 0 amide bonds. The molecule has 0 aromatic carbocycles. The summed E-state index contributed by atoms with van der Waals surface area (Å²) in [5.41, 5.74) is 1.29. The number of nitrogens with zero attached hydrogens (tertiary/aromatic N) is 1. The van der Waals surface area contributed by atoms with Gasteiger partial charge < -0.3 is 0 Å². The molecule has 1 nitrogen and oxygen atoms in total. The molecular formula is C12H25N. The quantitative estimate of drug-likeness (QED) is 0.416. The van der Waals surface area contributed by atoms with Crippen LogP contribution >= 0.6 is 0 Å². The summed E-state index contributed by atoms with van der Waals surface area (Å²) in [6.07, 6.45) is 6.40. The molecule has 0 aliphatic carbocycles. The molecule has 0 N–H and O–H groups in total. The third kappa shape index (κ3) is 8.01. The summed E-state index contributed by atoms with van der Waals surface area (Å²) in [6.45, 7) is 9.92. The Morgan fingerprint density at radius 3 is 2.46 bits per heavy atom. The van der Waals surface area contributed by atoms with E-state index in [-0.39, 0.29) is 0 Å². The third-order valence-corrected chi connectivity index (χ3v) is 2.70. The van der Waals surface area contributed by atoms with Gasteiger partial charge in [-0.15, -0.1) is 0 Å². The number of hydrogen-bond donors (Lipinski definition) is 0. The fourth-order valence-corrected chi connectivity index (χ4v) is 1.19. The van der Waals surface area contributed by atoms with Crippen molar-refractivity contribution >= 4 is 5.71 Å². The van der Waals surface area contributed by atoms with Crippen LogP contribution in [0, 0.1) is 5.92 Å². The first kappa shape index (κ1) is 12.7. The molecule has 0 heterocycles. The minimum Gasteiger partial charge on any atom is -0.294 e. The zero-order valence-electron chi connectivity index (χ0n) is 9.77. The Balaban J connectivity index is 3.26. The van der Waals surface area contributed by atoms with Gasteiger partial charge in [-0.1, -0.05) is 40.0 Å². The molecule has 0 aliphatic heterocycles. The van der Waals surface area contributed by atoms with Gasteiger partial charge in [0.1, 0.15) is 0 Å². The SMILES string of the molecule is CCC(C)=NCCCCC(C)CC. The minimum absolute atomic E-state index is 0.899. The molecule has 0 aromatic heterocycles. The first-order valence-corrected chi connectivity index (χ1v) is 5.70. The van der Waals surface area contributed by atoms with Gasteiger partial charge >= 0.3 is 0 Å². The van der Waals surface area contributed by atoms with E-state index in [0.29, 0.717) is 0 Å². The summed E-state index contributed by atoms with van der Waals surface area (Å²) in [5, 5.41) is 0. The van der Waals surface area contributed by atoms with E-state index in [1.165, 1.54) is 31.4 Å². The molecule has 0 saturated heterocycles. The first-order chi connectivity index (χ1) is 6.20. The van der Waals surface area contributed by atoms with Crippen LogP contribution in [0.1, 0.15) is 59.8 Å². The maximum absolute atomic E-state index is 4.48. The summed E-state index contributed by atoms with van der Waals surface area (Å²) in [6, 6.07) is 0. The van der Waals surface area contributed by atoms with Crippen molar-refractivity contribution in [1.29, 1.82) is 0 Å². The second-order valence-corrected chi connectivity index (χ2v) is 3.98. The monoisotopic (exact) mass is 183 g/mol. The highest BCUT2D eigenvalue weighted by atomic mass is 14.7. The number of rotatable bonds is 7. The Hall–Kier alpha value is -0.330. The Morgan fingerprint density at radius 2 is 1.92 bits per heavy atom. The average Bonchev–Trinajstić information content (AvgIpc) is 2.16.